The zero-order valence-electron chi connectivity index (χ0n) is 17.3. The van der Waals surface area contributed by atoms with Crippen LogP contribution >= 0.6 is 15.9 Å². The molecule has 32 heavy (non-hydrogen) atoms. The summed E-state index contributed by atoms with van der Waals surface area (Å²) in [6.45, 7) is 0.617. The maximum atomic E-state index is 12.6. The van der Waals surface area contributed by atoms with Gasteiger partial charge in [0.15, 0.2) is 11.5 Å². The summed E-state index contributed by atoms with van der Waals surface area (Å²) in [5.41, 5.74) is 0.996. The number of carbonyl (C=O) groups excluding carboxylic acids is 2. The van der Waals surface area contributed by atoms with Crippen molar-refractivity contribution in [2.24, 2.45) is 0 Å². The SMILES string of the molecule is COCCNC(=O)/C(C#N)=C/c1ccc(OC(=O)c2cc3cc(Br)ccc3o2)c(OC)c1. The number of benzene rings is 2. The van der Waals surface area contributed by atoms with Crippen molar-refractivity contribution in [2.75, 3.05) is 27.4 Å². The molecule has 1 N–H and O–H groups in total. The molecular formula is C23H19BrN2O6. The van der Waals surface area contributed by atoms with Crippen LogP contribution in [-0.2, 0) is 9.53 Å². The summed E-state index contributed by atoms with van der Waals surface area (Å²) in [7, 11) is 2.93. The van der Waals surface area contributed by atoms with Gasteiger partial charge in [0, 0.05) is 23.5 Å². The Morgan fingerprint density at radius 1 is 1.16 bits per heavy atom. The maximum Gasteiger partial charge on any atom is 0.379 e. The number of esters is 1. The summed E-state index contributed by atoms with van der Waals surface area (Å²) in [4.78, 5) is 24.7. The lowest BCUT2D eigenvalue weighted by atomic mass is 10.1. The lowest BCUT2D eigenvalue weighted by molar-refractivity contribution is -0.117. The number of halogens is 1. The highest BCUT2D eigenvalue weighted by atomic mass is 79.9. The molecule has 8 nitrogen and oxygen atoms in total. The summed E-state index contributed by atoms with van der Waals surface area (Å²) in [6.07, 6.45) is 1.41. The molecule has 164 valence electrons. The number of hydrogen-bond donors (Lipinski definition) is 1. The molecule has 0 saturated heterocycles. The molecule has 0 spiro atoms. The monoisotopic (exact) mass is 498 g/mol. The number of hydrogen-bond acceptors (Lipinski definition) is 7. The Balaban J connectivity index is 1.79. The average molecular weight is 499 g/mol. The van der Waals surface area contributed by atoms with E-state index in [1.165, 1.54) is 26.4 Å². The van der Waals surface area contributed by atoms with E-state index in [-0.39, 0.29) is 29.4 Å². The summed E-state index contributed by atoms with van der Waals surface area (Å²) >= 11 is 3.37. The molecule has 0 fully saturated rings. The lowest BCUT2D eigenvalue weighted by Gasteiger charge is -2.09. The number of furan rings is 1. The van der Waals surface area contributed by atoms with Crippen molar-refractivity contribution >= 4 is 44.9 Å². The van der Waals surface area contributed by atoms with E-state index >= 15 is 0 Å². The highest BCUT2D eigenvalue weighted by molar-refractivity contribution is 9.10. The second-order valence-electron chi connectivity index (χ2n) is 6.51. The highest BCUT2D eigenvalue weighted by Gasteiger charge is 2.18. The van der Waals surface area contributed by atoms with Crippen molar-refractivity contribution in [3.05, 3.63) is 63.8 Å². The van der Waals surface area contributed by atoms with Crippen molar-refractivity contribution in [2.45, 2.75) is 0 Å². The van der Waals surface area contributed by atoms with E-state index in [4.69, 9.17) is 18.6 Å². The van der Waals surface area contributed by atoms with Gasteiger partial charge in [-0.05, 0) is 48.0 Å². The number of nitriles is 1. The molecule has 0 aliphatic rings. The summed E-state index contributed by atoms with van der Waals surface area (Å²) in [5.74, 6) is -0.740. The molecule has 3 rings (SSSR count). The van der Waals surface area contributed by atoms with Crippen molar-refractivity contribution in [1.29, 1.82) is 5.26 Å². The summed E-state index contributed by atoms with van der Waals surface area (Å²) in [6, 6.07) is 13.5. The predicted octanol–water partition coefficient (Wildman–Crippen LogP) is 4.09. The van der Waals surface area contributed by atoms with Gasteiger partial charge >= 0.3 is 5.97 Å². The predicted molar refractivity (Wildman–Crippen MR) is 120 cm³/mol. The molecule has 1 amide bonds. The topological polar surface area (TPSA) is 111 Å². The third kappa shape index (κ3) is 5.55. The minimum absolute atomic E-state index is 0.0450. The summed E-state index contributed by atoms with van der Waals surface area (Å²) < 4.78 is 22.0. The van der Waals surface area contributed by atoms with Crippen molar-refractivity contribution in [1.82, 2.24) is 5.32 Å². The van der Waals surface area contributed by atoms with Gasteiger partial charge in [0.1, 0.15) is 17.2 Å². The smallest absolute Gasteiger partial charge is 0.379 e. The Kier molecular flexibility index (Phi) is 7.65. The molecule has 2 aromatic carbocycles. The molecule has 9 heteroatoms. The molecular weight excluding hydrogens is 480 g/mol. The van der Waals surface area contributed by atoms with E-state index in [1.807, 2.05) is 18.2 Å². The molecule has 1 aromatic heterocycles. The van der Waals surface area contributed by atoms with Gasteiger partial charge in [-0.3, -0.25) is 4.79 Å². The molecule has 0 aliphatic carbocycles. The Hall–Kier alpha value is -3.61. The first-order valence-electron chi connectivity index (χ1n) is 9.43. The van der Waals surface area contributed by atoms with Crippen LogP contribution in [0.2, 0.25) is 0 Å². The zero-order chi connectivity index (χ0) is 23.1. The third-order valence-corrected chi connectivity index (χ3v) is 4.83. The third-order valence-electron chi connectivity index (χ3n) is 4.34. The van der Waals surface area contributed by atoms with E-state index in [2.05, 4.69) is 21.2 Å². The molecule has 0 atom stereocenters. The van der Waals surface area contributed by atoms with E-state index in [0.29, 0.717) is 17.8 Å². The fourth-order valence-corrected chi connectivity index (χ4v) is 3.18. The van der Waals surface area contributed by atoms with Crippen molar-refractivity contribution in [3.8, 4) is 17.6 Å². The Morgan fingerprint density at radius 2 is 1.97 bits per heavy atom. The average Bonchev–Trinajstić information content (AvgIpc) is 3.21. The van der Waals surface area contributed by atoms with Gasteiger partial charge in [0.25, 0.3) is 5.91 Å². The van der Waals surface area contributed by atoms with Crippen LogP contribution < -0.4 is 14.8 Å². The number of nitrogens with one attached hydrogen (secondary N) is 1. The van der Waals surface area contributed by atoms with E-state index in [9.17, 15) is 14.9 Å². The Bertz CT molecular complexity index is 1220. The van der Waals surface area contributed by atoms with Crippen LogP contribution in [0.1, 0.15) is 16.1 Å². The second kappa shape index (κ2) is 10.6. The van der Waals surface area contributed by atoms with Crippen LogP contribution in [0.25, 0.3) is 17.0 Å². The molecule has 0 unspecified atom stereocenters. The number of rotatable bonds is 8. The van der Waals surface area contributed by atoms with E-state index < -0.39 is 11.9 Å². The fourth-order valence-electron chi connectivity index (χ4n) is 2.80. The van der Waals surface area contributed by atoms with Crippen LogP contribution in [0.5, 0.6) is 11.5 Å². The van der Waals surface area contributed by atoms with Crippen LogP contribution in [0.3, 0.4) is 0 Å². The first-order chi connectivity index (χ1) is 15.4. The van der Waals surface area contributed by atoms with Crippen LogP contribution in [-0.4, -0.2) is 39.2 Å². The largest absolute Gasteiger partial charge is 0.493 e. The highest BCUT2D eigenvalue weighted by Crippen LogP contribution is 2.31. The van der Waals surface area contributed by atoms with Gasteiger partial charge in [0.2, 0.25) is 5.76 Å². The van der Waals surface area contributed by atoms with E-state index in [1.54, 1.807) is 24.3 Å². The minimum Gasteiger partial charge on any atom is -0.493 e. The Morgan fingerprint density at radius 3 is 2.69 bits per heavy atom. The second-order valence-corrected chi connectivity index (χ2v) is 7.43. The zero-order valence-corrected chi connectivity index (χ0v) is 18.9. The molecule has 0 bridgehead atoms. The first kappa shape index (κ1) is 23.1. The standard InChI is InChI=1S/C23H19BrN2O6/c1-29-8-7-26-22(27)16(13-25)9-14-3-5-19(20(10-14)30-2)32-23(28)21-12-15-11-17(24)4-6-18(15)31-21/h3-6,9-12H,7-8H2,1-2H3,(H,26,27)/b16-9+. The molecule has 0 radical (unpaired) electrons. The van der Waals surface area contributed by atoms with Gasteiger partial charge in [-0.25, -0.2) is 4.79 Å². The number of ether oxygens (including phenoxy) is 3. The summed E-state index contributed by atoms with van der Waals surface area (Å²) in [5, 5.41) is 12.6. The molecule has 0 aliphatic heterocycles. The molecule has 0 saturated carbocycles. The number of fused-ring (bicyclic) bond motifs is 1. The number of carbonyl (C=O) groups is 2. The fraction of sp³-hybridized carbons (Fsp3) is 0.174. The number of amides is 1. The molecule has 1 heterocycles. The maximum absolute atomic E-state index is 12.6. The minimum atomic E-state index is -0.686. The van der Waals surface area contributed by atoms with Crippen LogP contribution in [0, 0.1) is 11.3 Å². The van der Waals surface area contributed by atoms with Gasteiger partial charge < -0.3 is 23.9 Å². The van der Waals surface area contributed by atoms with Crippen LogP contribution in [0.15, 0.2) is 56.9 Å². The lowest BCUT2D eigenvalue weighted by Crippen LogP contribution is -2.27. The normalized spacial score (nSPS) is 11.1. The Labute approximate surface area is 192 Å². The van der Waals surface area contributed by atoms with Gasteiger partial charge in [-0.1, -0.05) is 22.0 Å². The van der Waals surface area contributed by atoms with Gasteiger partial charge in [0.05, 0.1) is 13.7 Å². The number of methoxy groups -OCH3 is 2. The van der Waals surface area contributed by atoms with Crippen molar-refractivity contribution in [3.63, 3.8) is 0 Å². The first-order valence-corrected chi connectivity index (χ1v) is 10.2. The quantitative estimate of drug-likeness (QED) is 0.163. The number of nitrogens with zero attached hydrogens (tertiary/aromatic N) is 1. The van der Waals surface area contributed by atoms with Crippen LogP contribution in [0.4, 0.5) is 0 Å². The molecule has 3 aromatic rings. The van der Waals surface area contributed by atoms with Crippen molar-refractivity contribution < 1.29 is 28.2 Å². The van der Waals surface area contributed by atoms with E-state index in [0.717, 1.165) is 9.86 Å². The van der Waals surface area contributed by atoms with Gasteiger partial charge in [-0.2, -0.15) is 5.26 Å². The van der Waals surface area contributed by atoms with Gasteiger partial charge in [-0.15, -0.1) is 0 Å².